The number of benzene rings is 2. The van der Waals surface area contributed by atoms with Crippen molar-refractivity contribution in [3.05, 3.63) is 59.3 Å². The molecular weight excluding hydrogens is 362 g/mol. The zero-order valence-electron chi connectivity index (χ0n) is 17.2. The summed E-state index contributed by atoms with van der Waals surface area (Å²) in [6.45, 7) is 9.54. The Balaban J connectivity index is 1.58. The van der Waals surface area contributed by atoms with Gasteiger partial charge in [-0.3, -0.25) is 4.79 Å². The first-order valence-electron chi connectivity index (χ1n) is 10.2. The summed E-state index contributed by atoms with van der Waals surface area (Å²) in [5.74, 6) is 1.04. The molecule has 2 aromatic carbocycles. The molecule has 0 radical (unpaired) electrons. The molecule has 6 heteroatoms. The van der Waals surface area contributed by atoms with Crippen molar-refractivity contribution in [1.82, 2.24) is 20.2 Å². The highest BCUT2D eigenvalue weighted by atomic mass is 16.2. The lowest BCUT2D eigenvalue weighted by atomic mass is 10.0. The molecule has 0 unspecified atom stereocenters. The largest absolute Gasteiger partial charge is 0.336 e. The summed E-state index contributed by atoms with van der Waals surface area (Å²) in [4.78, 5) is 23.9. The molecule has 0 atom stereocenters. The van der Waals surface area contributed by atoms with Crippen molar-refractivity contribution in [1.29, 1.82) is 0 Å². The summed E-state index contributed by atoms with van der Waals surface area (Å²) in [6, 6.07) is 11.9. The predicted octanol–water partition coefficient (Wildman–Crippen LogP) is 3.85. The van der Waals surface area contributed by atoms with Gasteiger partial charge in [0.15, 0.2) is 0 Å². The monoisotopic (exact) mass is 389 g/mol. The molecule has 0 spiro atoms. The fourth-order valence-electron chi connectivity index (χ4n) is 3.71. The van der Waals surface area contributed by atoms with E-state index in [0.29, 0.717) is 11.9 Å². The normalized spacial score (nSPS) is 14.4. The average Bonchev–Trinajstić information content (AvgIpc) is 2.74. The Labute approximate surface area is 171 Å². The predicted molar refractivity (Wildman–Crippen MR) is 117 cm³/mol. The van der Waals surface area contributed by atoms with E-state index in [1.165, 1.54) is 5.56 Å². The molecule has 2 N–H and O–H groups in total. The number of nitrogens with zero attached hydrogens (tertiary/aromatic N) is 3. The van der Waals surface area contributed by atoms with Crippen LogP contribution >= 0.6 is 0 Å². The average molecular weight is 390 g/mol. The first-order chi connectivity index (χ1) is 14.0. The van der Waals surface area contributed by atoms with Gasteiger partial charge in [-0.15, -0.1) is 0 Å². The van der Waals surface area contributed by atoms with Gasteiger partial charge in [0.2, 0.25) is 5.95 Å². The van der Waals surface area contributed by atoms with Gasteiger partial charge < -0.3 is 15.5 Å². The molecule has 1 amide bonds. The van der Waals surface area contributed by atoms with E-state index < -0.39 is 0 Å². The Morgan fingerprint density at radius 1 is 1.17 bits per heavy atom. The summed E-state index contributed by atoms with van der Waals surface area (Å²) in [5, 5.41) is 7.63. The van der Waals surface area contributed by atoms with Crippen molar-refractivity contribution >= 4 is 28.4 Å². The van der Waals surface area contributed by atoms with Crippen LogP contribution in [0.15, 0.2) is 42.6 Å². The molecule has 6 nitrogen and oxygen atoms in total. The summed E-state index contributed by atoms with van der Waals surface area (Å²) < 4.78 is 0. The third-order valence-corrected chi connectivity index (χ3v) is 5.39. The highest BCUT2D eigenvalue weighted by molar-refractivity contribution is 5.95. The van der Waals surface area contributed by atoms with Crippen molar-refractivity contribution in [2.75, 3.05) is 31.5 Å². The fourth-order valence-corrected chi connectivity index (χ4v) is 3.71. The van der Waals surface area contributed by atoms with Gasteiger partial charge in [0.05, 0.1) is 5.52 Å². The van der Waals surface area contributed by atoms with E-state index in [1.54, 1.807) is 0 Å². The van der Waals surface area contributed by atoms with Crippen LogP contribution in [0.25, 0.3) is 10.9 Å². The number of nitrogens with one attached hydrogen (secondary N) is 2. The Kier molecular flexibility index (Phi) is 5.45. The number of aryl methyl sites for hydroxylation is 1. The minimum Gasteiger partial charge on any atom is -0.336 e. The lowest BCUT2D eigenvalue weighted by Crippen LogP contribution is -2.46. The molecule has 29 heavy (non-hydrogen) atoms. The van der Waals surface area contributed by atoms with Crippen LogP contribution in [0, 0.1) is 6.92 Å². The minimum atomic E-state index is 0.0877. The summed E-state index contributed by atoms with van der Waals surface area (Å²) in [7, 11) is 0. The zero-order chi connectivity index (χ0) is 20.4. The SMILES string of the molecule is Cc1cc(C(=O)N2CCNCC2)ccc1Nc1ncc2cccc(C(C)C)c2n1. The van der Waals surface area contributed by atoms with Crippen LogP contribution in [0.1, 0.15) is 41.3 Å². The van der Waals surface area contributed by atoms with Crippen LogP contribution in [0.4, 0.5) is 11.6 Å². The van der Waals surface area contributed by atoms with Gasteiger partial charge in [0.25, 0.3) is 5.91 Å². The number of aromatic nitrogens is 2. The maximum atomic E-state index is 12.7. The number of fused-ring (bicyclic) bond motifs is 1. The zero-order valence-corrected chi connectivity index (χ0v) is 17.2. The highest BCUT2D eigenvalue weighted by Crippen LogP contribution is 2.26. The van der Waals surface area contributed by atoms with Crippen molar-refractivity contribution in [3.8, 4) is 0 Å². The van der Waals surface area contributed by atoms with Gasteiger partial charge >= 0.3 is 0 Å². The molecule has 1 aliphatic rings. The van der Waals surface area contributed by atoms with Crippen molar-refractivity contribution in [2.24, 2.45) is 0 Å². The lowest BCUT2D eigenvalue weighted by Gasteiger charge is -2.27. The number of carbonyl (C=O) groups is 1. The molecule has 1 saturated heterocycles. The molecule has 0 aliphatic carbocycles. The number of hydrogen-bond acceptors (Lipinski definition) is 5. The lowest BCUT2D eigenvalue weighted by molar-refractivity contribution is 0.0736. The molecule has 3 aromatic rings. The Bertz CT molecular complexity index is 1040. The van der Waals surface area contributed by atoms with Crippen LogP contribution in [0.3, 0.4) is 0 Å². The van der Waals surface area contributed by atoms with Gasteiger partial charge in [-0.25, -0.2) is 9.97 Å². The topological polar surface area (TPSA) is 70.2 Å². The van der Waals surface area contributed by atoms with Crippen molar-refractivity contribution in [2.45, 2.75) is 26.7 Å². The fraction of sp³-hybridized carbons (Fsp3) is 0.348. The third-order valence-electron chi connectivity index (χ3n) is 5.39. The van der Waals surface area contributed by atoms with Crippen LogP contribution < -0.4 is 10.6 Å². The second-order valence-corrected chi connectivity index (χ2v) is 7.83. The number of anilines is 2. The standard InChI is InChI=1S/C23H27N5O/c1-15(2)19-6-4-5-18-14-25-23(27-21(18)19)26-20-8-7-17(13-16(20)3)22(29)28-11-9-24-10-12-28/h4-8,13-15,24H,9-12H2,1-3H3,(H,25,26,27). The molecular formula is C23H27N5O. The number of para-hydroxylation sites is 1. The molecule has 0 saturated carbocycles. The maximum absolute atomic E-state index is 12.7. The highest BCUT2D eigenvalue weighted by Gasteiger charge is 2.18. The molecule has 1 aromatic heterocycles. The van der Waals surface area contributed by atoms with E-state index in [1.807, 2.05) is 48.4 Å². The summed E-state index contributed by atoms with van der Waals surface area (Å²) >= 11 is 0. The molecule has 4 rings (SSSR count). The number of hydrogen-bond donors (Lipinski definition) is 2. The quantitative estimate of drug-likeness (QED) is 0.709. The van der Waals surface area contributed by atoms with E-state index in [0.717, 1.165) is 53.9 Å². The molecule has 2 heterocycles. The van der Waals surface area contributed by atoms with Gasteiger partial charge in [0, 0.05) is 49.0 Å². The molecule has 150 valence electrons. The Morgan fingerprint density at radius 2 is 1.97 bits per heavy atom. The van der Waals surface area contributed by atoms with E-state index in [9.17, 15) is 4.79 Å². The first-order valence-corrected chi connectivity index (χ1v) is 10.2. The summed E-state index contributed by atoms with van der Waals surface area (Å²) in [5.41, 5.74) is 4.80. The molecule has 1 aliphatic heterocycles. The summed E-state index contributed by atoms with van der Waals surface area (Å²) in [6.07, 6.45) is 1.86. The second kappa shape index (κ2) is 8.17. The van der Waals surface area contributed by atoms with Crippen molar-refractivity contribution in [3.63, 3.8) is 0 Å². The van der Waals surface area contributed by atoms with Gasteiger partial charge in [-0.05, 0) is 42.2 Å². The Morgan fingerprint density at radius 3 is 2.69 bits per heavy atom. The maximum Gasteiger partial charge on any atom is 0.253 e. The van der Waals surface area contributed by atoms with Crippen molar-refractivity contribution < 1.29 is 4.79 Å². The van der Waals surface area contributed by atoms with Gasteiger partial charge in [-0.1, -0.05) is 32.0 Å². The number of carbonyl (C=O) groups excluding carboxylic acids is 1. The smallest absolute Gasteiger partial charge is 0.253 e. The van der Waals surface area contributed by atoms with Crippen LogP contribution in [0.2, 0.25) is 0 Å². The van der Waals surface area contributed by atoms with Crippen LogP contribution in [0.5, 0.6) is 0 Å². The first kappa shape index (κ1) is 19.3. The minimum absolute atomic E-state index is 0.0877. The number of amides is 1. The van der Waals surface area contributed by atoms with E-state index in [4.69, 9.17) is 4.98 Å². The number of rotatable bonds is 4. The van der Waals surface area contributed by atoms with Crippen LogP contribution in [-0.4, -0.2) is 47.0 Å². The third kappa shape index (κ3) is 4.07. The second-order valence-electron chi connectivity index (χ2n) is 7.83. The number of piperazine rings is 1. The van der Waals surface area contributed by atoms with E-state index in [-0.39, 0.29) is 5.91 Å². The van der Waals surface area contributed by atoms with E-state index >= 15 is 0 Å². The van der Waals surface area contributed by atoms with Gasteiger partial charge in [-0.2, -0.15) is 0 Å². The van der Waals surface area contributed by atoms with Crippen LogP contribution in [-0.2, 0) is 0 Å². The Hall–Kier alpha value is -2.99. The van der Waals surface area contributed by atoms with E-state index in [2.05, 4.69) is 35.5 Å². The van der Waals surface area contributed by atoms with Gasteiger partial charge in [0.1, 0.15) is 0 Å². The molecule has 1 fully saturated rings. The molecule has 0 bridgehead atoms.